The summed E-state index contributed by atoms with van der Waals surface area (Å²) in [5, 5.41) is 14.4. The fourth-order valence-electron chi connectivity index (χ4n) is 1.99. The van der Waals surface area contributed by atoms with Gasteiger partial charge in [-0.05, 0) is 12.5 Å². The van der Waals surface area contributed by atoms with E-state index in [0.29, 0.717) is 0 Å². The summed E-state index contributed by atoms with van der Waals surface area (Å²) >= 11 is 0. The minimum Gasteiger partial charge on any atom is -0.391 e. The van der Waals surface area contributed by atoms with Crippen LogP contribution in [0.4, 0.5) is 0 Å². The fraction of sp³-hybridized carbons (Fsp3) is 0.400. The lowest BCUT2D eigenvalue weighted by atomic mass is 10.0. The lowest BCUT2D eigenvalue weighted by molar-refractivity contribution is -0.132. The van der Waals surface area contributed by atoms with Gasteiger partial charge in [0.2, 0.25) is 17.7 Å². The van der Waals surface area contributed by atoms with Crippen LogP contribution in [-0.4, -0.2) is 41.0 Å². The van der Waals surface area contributed by atoms with Gasteiger partial charge in [0.05, 0.1) is 6.10 Å². The van der Waals surface area contributed by atoms with Gasteiger partial charge >= 0.3 is 0 Å². The topological polar surface area (TPSA) is 122 Å². The number of rotatable bonds is 7. The summed E-state index contributed by atoms with van der Waals surface area (Å²) in [5.41, 5.74) is 5.99. The molecule has 0 spiro atoms. The second-order valence-electron chi connectivity index (χ2n) is 5.07. The number of nitrogens with one attached hydrogen (secondary N) is 2. The van der Waals surface area contributed by atoms with Gasteiger partial charge in [0, 0.05) is 13.3 Å². The van der Waals surface area contributed by atoms with Gasteiger partial charge in [0.25, 0.3) is 0 Å². The number of hydrogen-bond acceptors (Lipinski definition) is 4. The first-order valence-corrected chi connectivity index (χ1v) is 6.90. The largest absolute Gasteiger partial charge is 0.391 e. The molecule has 3 atom stereocenters. The number of aliphatic hydroxyl groups is 1. The van der Waals surface area contributed by atoms with Crippen LogP contribution in [0.1, 0.15) is 19.4 Å². The maximum Gasteiger partial charge on any atom is 0.243 e. The molecule has 3 amide bonds. The number of benzene rings is 1. The van der Waals surface area contributed by atoms with Crippen molar-refractivity contribution in [1.82, 2.24) is 10.6 Å². The van der Waals surface area contributed by atoms with E-state index in [1.807, 2.05) is 30.3 Å². The van der Waals surface area contributed by atoms with E-state index in [1.54, 1.807) is 0 Å². The molecule has 0 aliphatic carbocycles. The molecule has 0 aromatic heterocycles. The third-order valence-corrected chi connectivity index (χ3v) is 3.06. The van der Waals surface area contributed by atoms with E-state index in [9.17, 15) is 19.5 Å². The molecule has 120 valence electrons. The summed E-state index contributed by atoms with van der Waals surface area (Å²) in [6.07, 6.45) is -0.867. The van der Waals surface area contributed by atoms with Gasteiger partial charge in [-0.2, -0.15) is 0 Å². The Bertz CT molecular complexity index is 531. The van der Waals surface area contributed by atoms with E-state index in [-0.39, 0.29) is 12.3 Å². The highest BCUT2D eigenvalue weighted by atomic mass is 16.3. The molecule has 1 rings (SSSR count). The maximum atomic E-state index is 12.3. The lowest BCUT2D eigenvalue weighted by Gasteiger charge is -2.23. The molecule has 0 fully saturated rings. The number of amides is 3. The van der Waals surface area contributed by atoms with Crippen molar-refractivity contribution in [2.45, 2.75) is 38.5 Å². The Balaban J connectivity index is 2.84. The molecule has 0 aliphatic heterocycles. The second-order valence-corrected chi connectivity index (χ2v) is 5.07. The predicted molar refractivity (Wildman–Crippen MR) is 80.6 cm³/mol. The molecule has 7 heteroatoms. The number of primary amides is 1. The maximum absolute atomic E-state index is 12.3. The Morgan fingerprint density at radius 2 is 1.77 bits per heavy atom. The molecule has 0 heterocycles. The lowest BCUT2D eigenvalue weighted by Crippen LogP contribution is -2.56. The number of hydrogen-bond donors (Lipinski definition) is 4. The number of aliphatic hydroxyl groups excluding tert-OH is 1. The SMILES string of the molecule is CC(=O)N[C@@H](Cc1ccccc1)C(=O)N[C@H](C(N)=O)[C@@H](C)O. The molecule has 1 aromatic carbocycles. The zero-order valence-corrected chi connectivity index (χ0v) is 12.6. The highest BCUT2D eigenvalue weighted by molar-refractivity contribution is 5.91. The molecule has 0 saturated carbocycles. The standard InChI is InChI=1S/C15H21N3O4/c1-9(19)13(14(16)21)18-15(22)12(17-10(2)20)8-11-6-4-3-5-7-11/h3-7,9,12-13,19H,8H2,1-2H3,(H2,16,21)(H,17,20)(H,18,22)/t9-,12+,13+/m1/s1. The van der Waals surface area contributed by atoms with Crippen molar-refractivity contribution >= 4 is 17.7 Å². The summed E-state index contributed by atoms with van der Waals surface area (Å²) in [5.74, 6) is -1.79. The van der Waals surface area contributed by atoms with Crippen molar-refractivity contribution in [2.75, 3.05) is 0 Å². The molecular weight excluding hydrogens is 286 g/mol. The van der Waals surface area contributed by atoms with E-state index in [2.05, 4.69) is 10.6 Å². The molecule has 0 bridgehead atoms. The number of carbonyl (C=O) groups is 3. The summed E-state index contributed by atoms with van der Waals surface area (Å²) < 4.78 is 0. The van der Waals surface area contributed by atoms with Crippen molar-refractivity contribution < 1.29 is 19.5 Å². The van der Waals surface area contributed by atoms with Crippen LogP contribution in [-0.2, 0) is 20.8 Å². The van der Waals surface area contributed by atoms with Gasteiger partial charge in [0.1, 0.15) is 12.1 Å². The summed E-state index contributed by atoms with van der Waals surface area (Å²) in [4.78, 5) is 34.8. The van der Waals surface area contributed by atoms with Crippen LogP contribution in [0, 0.1) is 0 Å². The van der Waals surface area contributed by atoms with Crippen molar-refractivity contribution in [1.29, 1.82) is 0 Å². The van der Waals surface area contributed by atoms with Crippen LogP contribution in [0.25, 0.3) is 0 Å². The molecule has 22 heavy (non-hydrogen) atoms. The molecule has 7 nitrogen and oxygen atoms in total. The van der Waals surface area contributed by atoms with E-state index in [0.717, 1.165) is 5.56 Å². The zero-order valence-electron chi connectivity index (χ0n) is 12.6. The molecule has 1 aromatic rings. The van der Waals surface area contributed by atoms with Crippen molar-refractivity contribution in [3.05, 3.63) is 35.9 Å². The average molecular weight is 307 g/mol. The minimum atomic E-state index is -1.21. The van der Waals surface area contributed by atoms with E-state index >= 15 is 0 Å². The van der Waals surface area contributed by atoms with Gasteiger partial charge in [-0.15, -0.1) is 0 Å². The second kappa shape index (κ2) is 8.14. The monoisotopic (exact) mass is 307 g/mol. The predicted octanol–water partition coefficient (Wildman–Crippen LogP) is -0.915. The first-order valence-electron chi connectivity index (χ1n) is 6.90. The van der Waals surface area contributed by atoms with Gasteiger partial charge in [-0.1, -0.05) is 30.3 Å². The van der Waals surface area contributed by atoms with Crippen LogP contribution in [0.2, 0.25) is 0 Å². The minimum absolute atomic E-state index is 0.261. The van der Waals surface area contributed by atoms with Crippen LogP contribution in [0.15, 0.2) is 30.3 Å². The van der Waals surface area contributed by atoms with Crippen molar-refractivity contribution in [2.24, 2.45) is 5.73 Å². The molecule has 0 unspecified atom stereocenters. The fourth-order valence-corrected chi connectivity index (χ4v) is 1.99. The third-order valence-electron chi connectivity index (χ3n) is 3.06. The van der Waals surface area contributed by atoms with Crippen LogP contribution in [0.5, 0.6) is 0 Å². The summed E-state index contributed by atoms with van der Waals surface area (Å²) in [6.45, 7) is 2.64. The first-order chi connectivity index (χ1) is 10.3. The zero-order chi connectivity index (χ0) is 16.7. The number of nitrogens with two attached hydrogens (primary N) is 1. The third kappa shape index (κ3) is 5.53. The van der Waals surface area contributed by atoms with Crippen molar-refractivity contribution in [3.8, 4) is 0 Å². The normalized spacial score (nSPS) is 14.5. The average Bonchev–Trinajstić information content (AvgIpc) is 2.43. The first kappa shape index (κ1) is 17.6. The molecule has 5 N–H and O–H groups in total. The molecule has 0 radical (unpaired) electrons. The van der Waals surface area contributed by atoms with E-state index < -0.39 is 30.0 Å². The van der Waals surface area contributed by atoms with Gasteiger partial charge in [-0.3, -0.25) is 14.4 Å². The molecule has 0 saturated heterocycles. The van der Waals surface area contributed by atoms with Gasteiger partial charge in [-0.25, -0.2) is 0 Å². The molecule has 0 aliphatic rings. The molecular formula is C15H21N3O4. The summed E-state index contributed by atoms with van der Waals surface area (Å²) in [7, 11) is 0. The van der Waals surface area contributed by atoms with Crippen LogP contribution < -0.4 is 16.4 Å². The van der Waals surface area contributed by atoms with Gasteiger partial charge in [0.15, 0.2) is 0 Å². The van der Waals surface area contributed by atoms with Crippen molar-refractivity contribution in [3.63, 3.8) is 0 Å². The highest BCUT2D eigenvalue weighted by Crippen LogP contribution is 2.04. The van der Waals surface area contributed by atoms with E-state index in [4.69, 9.17) is 5.73 Å². The Kier molecular flexibility index (Phi) is 6.52. The Morgan fingerprint density at radius 3 is 2.23 bits per heavy atom. The van der Waals surface area contributed by atoms with Gasteiger partial charge < -0.3 is 21.5 Å². The van der Waals surface area contributed by atoms with Crippen LogP contribution >= 0.6 is 0 Å². The van der Waals surface area contributed by atoms with E-state index in [1.165, 1.54) is 13.8 Å². The number of carbonyl (C=O) groups excluding carboxylic acids is 3. The summed E-state index contributed by atoms with van der Waals surface area (Å²) in [6, 6.07) is 7.05. The quantitative estimate of drug-likeness (QED) is 0.520. The van der Waals surface area contributed by atoms with Crippen LogP contribution in [0.3, 0.4) is 0 Å². The smallest absolute Gasteiger partial charge is 0.243 e. The Hall–Kier alpha value is -2.41. The Morgan fingerprint density at radius 1 is 1.18 bits per heavy atom. The highest BCUT2D eigenvalue weighted by Gasteiger charge is 2.27. The Labute approximate surface area is 128 Å².